The lowest BCUT2D eigenvalue weighted by Gasteiger charge is -2.16. The summed E-state index contributed by atoms with van der Waals surface area (Å²) < 4.78 is 13.2. The van der Waals surface area contributed by atoms with Crippen LogP contribution < -0.4 is 0 Å². The first kappa shape index (κ1) is 17.2. The van der Waals surface area contributed by atoms with Crippen LogP contribution in [0.15, 0.2) is 85.3 Å². The zero-order valence-corrected chi connectivity index (χ0v) is 14.8. The van der Waals surface area contributed by atoms with Crippen molar-refractivity contribution in [3.63, 3.8) is 0 Å². The summed E-state index contributed by atoms with van der Waals surface area (Å²) in [7, 11) is 0. The smallest absolute Gasteiger partial charge is 0.137 e. The van der Waals surface area contributed by atoms with Gasteiger partial charge >= 0.3 is 0 Å². The van der Waals surface area contributed by atoms with E-state index >= 15 is 0 Å². The number of hydrogen-bond donors (Lipinski definition) is 1. The van der Waals surface area contributed by atoms with E-state index in [4.69, 9.17) is 0 Å². The molecule has 1 radical (unpaired) electrons. The Labute approximate surface area is 158 Å². The third kappa shape index (κ3) is 4.29. The second-order valence-corrected chi connectivity index (χ2v) is 6.44. The van der Waals surface area contributed by atoms with Gasteiger partial charge < -0.3 is 4.98 Å². The number of halogens is 1. The van der Waals surface area contributed by atoms with E-state index in [1.54, 1.807) is 12.4 Å². The number of pyridine rings is 1. The van der Waals surface area contributed by atoms with Gasteiger partial charge in [0.15, 0.2) is 0 Å². The van der Waals surface area contributed by atoms with Crippen LogP contribution in [0.3, 0.4) is 0 Å². The monoisotopic (exact) mass is 356 g/mol. The molecule has 0 aliphatic rings. The van der Waals surface area contributed by atoms with Crippen LogP contribution in [0.5, 0.6) is 0 Å². The molecule has 133 valence electrons. The van der Waals surface area contributed by atoms with E-state index in [2.05, 4.69) is 27.1 Å². The van der Waals surface area contributed by atoms with Gasteiger partial charge in [-0.15, -0.1) is 0 Å². The lowest BCUT2D eigenvalue weighted by molar-refractivity contribution is 0.627. The van der Waals surface area contributed by atoms with E-state index in [0.29, 0.717) is 0 Å². The fraction of sp³-hybridized carbons (Fsp3) is 0.0870. The molecule has 0 saturated carbocycles. The average molecular weight is 356 g/mol. The quantitative estimate of drug-likeness (QED) is 0.527. The molecule has 0 bridgehead atoms. The highest BCUT2D eigenvalue weighted by Gasteiger charge is 2.16. The Balaban J connectivity index is 1.61. The predicted octanol–water partition coefficient (Wildman–Crippen LogP) is 5.02. The van der Waals surface area contributed by atoms with Crippen LogP contribution in [0, 0.1) is 11.7 Å². The number of nitrogens with zero attached hydrogens (tertiary/aromatic N) is 2. The van der Waals surface area contributed by atoms with Gasteiger partial charge in [0.05, 0.1) is 0 Å². The number of imidazole rings is 1. The number of benzene rings is 2. The zero-order valence-electron chi connectivity index (χ0n) is 14.8. The Bertz CT molecular complexity index is 980. The maximum Gasteiger partial charge on any atom is 0.137 e. The summed E-state index contributed by atoms with van der Waals surface area (Å²) in [6.07, 6.45) is 6.87. The minimum absolute atomic E-state index is 0.218. The van der Waals surface area contributed by atoms with Crippen molar-refractivity contribution in [1.82, 2.24) is 15.0 Å². The molecular formula is C23H19FN3. The highest BCUT2D eigenvalue weighted by molar-refractivity contribution is 5.56. The van der Waals surface area contributed by atoms with Crippen molar-refractivity contribution in [3.8, 4) is 11.4 Å². The van der Waals surface area contributed by atoms with Gasteiger partial charge in [-0.3, -0.25) is 4.98 Å². The molecule has 3 nitrogen and oxygen atoms in total. The molecule has 27 heavy (non-hydrogen) atoms. The van der Waals surface area contributed by atoms with E-state index in [9.17, 15) is 4.39 Å². The molecule has 2 heterocycles. The average Bonchev–Trinajstić information content (AvgIpc) is 3.25. The van der Waals surface area contributed by atoms with Crippen LogP contribution in [0.25, 0.3) is 11.4 Å². The van der Waals surface area contributed by atoms with E-state index in [0.717, 1.165) is 35.5 Å². The van der Waals surface area contributed by atoms with Crippen molar-refractivity contribution in [2.45, 2.75) is 12.8 Å². The second kappa shape index (κ2) is 7.96. The van der Waals surface area contributed by atoms with Gasteiger partial charge in [-0.1, -0.05) is 36.4 Å². The highest BCUT2D eigenvalue weighted by atomic mass is 19.1. The third-order valence-electron chi connectivity index (χ3n) is 4.47. The van der Waals surface area contributed by atoms with Crippen molar-refractivity contribution < 1.29 is 4.39 Å². The van der Waals surface area contributed by atoms with E-state index in [1.807, 2.05) is 48.7 Å². The molecule has 0 atom stereocenters. The third-order valence-corrected chi connectivity index (χ3v) is 4.47. The number of hydrogen-bond acceptors (Lipinski definition) is 2. The number of rotatable bonds is 6. The van der Waals surface area contributed by atoms with E-state index in [-0.39, 0.29) is 5.82 Å². The summed E-state index contributed by atoms with van der Waals surface area (Å²) in [6.45, 7) is 0. The highest BCUT2D eigenvalue weighted by Crippen LogP contribution is 2.25. The molecule has 4 rings (SSSR count). The van der Waals surface area contributed by atoms with Crippen LogP contribution in [0.2, 0.25) is 0 Å². The van der Waals surface area contributed by atoms with Gasteiger partial charge in [0, 0.05) is 35.8 Å². The van der Waals surface area contributed by atoms with Crippen molar-refractivity contribution in [1.29, 1.82) is 0 Å². The Morgan fingerprint density at radius 1 is 0.815 bits per heavy atom. The zero-order chi connectivity index (χ0) is 18.5. The minimum atomic E-state index is -0.218. The van der Waals surface area contributed by atoms with E-state index < -0.39 is 0 Å². The standard InChI is InChI=1S/C23H19FN3/c24-21-9-7-17(8-10-21)14-20(22-6-1-2-11-25-22)16-18-4-3-5-19(15-18)23-26-12-13-27-23/h1-13,15H,14,16H2,(H,26,27). The van der Waals surface area contributed by atoms with Gasteiger partial charge in [0.2, 0.25) is 0 Å². The molecule has 0 aliphatic carbocycles. The summed E-state index contributed by atoms with van der Waals surface area (Å²) in [5.74, 6) is 1.83. The second-order valence-electron chi connectivity index (χ2n) is 6.44. The van der Waals surface area contributed by atoms with Gasteiger partial charge in [-0.2, -0.15) is 0 Å². The maximum atomic E-state index is 13.2. The van der Waals surface area contributed by atoms with Crippen molar-refractivity contribution in [2.75, 3.05) is 0 Å². The number of aromatic amines is 1. The van der Waals surface area contributed by atoms with Crippen molar-refractivity contribution >= 4 is 0 Å². The number of nitrogens with one attached hydrogen (secondary N) is 1. The normalized spacial score (nSPS) is 11.0. The summed E-state index contributed by atoms with van der Waals surface area (Å²) in [6, 6.07) is 20.9. The first-order chi connectivity index (χ1) is 13.3. The van der Waals surface area contributed by atoms with Gasteiger partial charge in [-0.05, 0) is 54.3 Å². The van der Waals surface area contributed by atoms with E-state index in [1.165, 1.54) is 23.6 Å². The lowest BCUT2D eigenvalue weighted by Crippen LogP contribution is -2.10. The molecule has 0 fully saturated rings. The molecule has 4 heteroatoms. The van der Waals surface area contributed by atoms with Crippen LogP contribution in [-0.2, 0) is 12.8 Å². The molecule has 4 aromatic rings. The Kier molecular flexibility index (Phi) is 5.06. The molecule has 2 aromatic carbocycles. The molecule has 1 N–H and O–H groups in total. The summed E-state index contributed by atoms with van der Waals surface area (Å²) in [5, 5.41) is 0. The van der Waals surface area contributed by atoms with Crippen LogP contribution in [0.1, 0.15) is 16.8 Å². The van der Waals surface area contributed by atoms with Crippen molar-refractivity contribution in [2.24, 2.45) is 0 Å². The van der Waals surface area contributed by atoms with Gasteiger partial charge in [0.1, 0.15) is 11.6 Å². The van der Waals surface area contributed by atoms with Crippen LogP contribution in [0.4, 0.5) is 4.39 Å². The first-order valence-electron chi connectivity index (χ1n) is 8.87. The molecule has 0 saturated heterocycles. The lowest BCUT2D eigenvalue weighted by atomic mass is 9.89. The number of H-pyrrole nitrogens is 1. The molecule has 0 spiro atoms. The Morgan fingerprint density at radius 2 is 1.67 bits per heavy atom. The van der Waals surface area contributed by atoms with Crippen LogP contribution in [-0.4, -0.2) is 15.0 Å². The molecular weight excluding hydrogens is 337 g/mol. The summed E-state index contributed by atoms with van der Waals surface area (Å²) >= 11 is 0. The summed E-state index contributed by atoms with van der Waals surface area (Å²) in [4.78, 5) is 12.0. The largest absolute Gasteiger partial charge is 0.345 e. The molecule has 2 aromatic heterocycles. The molecule has 0 unspecified atom stereocenters. The number of aromatic nitrogens is 3. The Hall–Kier alpha value is -3.27. The van der Waals surface area contributed by atoms with Crippen molar-refractivity contribution in [3.05, 3.63) is 114 Å². The molecule has 0 aliphatic heterocycles. The van der Waals surface area contributed by atoms with Gasteiger partial charge in [0.25, 0.3) is 0 Å². The SMILES string of the molecule is Fc1ccc(C[C](Cc2cccc(-c3ncc[nH]3)c2)c2ccccn2)cc1. The topological polar surface area (TPSA) is 41.6 Å². The molecule has 0 amide bonds. The first-order valence-corrected chi connectivity index (χ1v) is 8.87. The fourth-order valence-corrected chi connectivity index (χ4v) is 3.16. The predicted molar refractivity (Wildman–Crippen MR) is 104 cm³/mol. The summed E-state index contributed by atoms with van der Waals surface area (Å²) in [5.41, 5.74) is 4.27. The minimum Gasteiger partial charge on any atom is -0.345 e. The van der Waals surface area contributed by atoms with Gasteiger partial charge in [-0.25, -0.2) is 9.37 Å². The van der Waals surface area contributed by atoms with Crippen LogP contribution >= 0.6 is 0 Å². The Morgan fingerprint density at radius 3 is 2.41 bits per heavy atom. The maximum absolute atomic E-state index is 13.2. The fourth-order valence-electron chi connectivity index (χ4n) is 3.16.